The Hall–Kier alpha value is -1.76. The molecule has 1 amide bonds. The topological polar surface area (TPSA) is 32.3 Å². The summed E-state index contributed by atoms with van der Waals surface area (Å²) in [5.41, 5.74) is 2.75. The fourth-order valence-corrected chi connectivity index (χ4v) is 3.73. The predicted octanol–water partition coefficient (Wildman–Crippen LogP) is 5.07. The zero-order valence-electron chi connectivity index (χ0n) is 13.7. The van der Waals surface area contributed by atoms with Crippen molar-refractivity contribution in [2.45, 2.75) is 18.6 Å². The molecule has 0 bridgehead atoms. The summed E-state index contributed by atoms with van der Waals surface area (Å²) < 4.78 is 37.4. The number of fused-ring (bicyclic) bond motifs is 1. The van der Waals surface area contributed by atoms with Gasteiger partial charge in [0.2, 0.25) is 0 Å². The highest BCUT2D eigenvalue weighted by Crippen LogP contribution is 2.39. The lowest BCUT2D eigenvalue weighted by Gasteiger charge is -2.33. The molecule has 0 saturated heterocycles. The number of halogens is 5. The van der Waals surface area contributed by atoms with E-state index < -0.39 is 12.1 Å². The lowest BCUT2D eigenvalue weighted by Crippen LogP contribution is -2.31. The summed E-state index contributed by atoms with van der Waals surface area (Å²) in [5, 5.41) is 2.95. The molecule has 1 N–H and O–H groups in total. The molecular formula is C18H15Cl2F3N2O. The first-order valence-electron chi connectivity index (χ1n) is 7.79. The predicted molar refractivity (Wildman–Crippen MR) is 95.8 cm³/mol. The SMILES string of the molecule is CN1Cc2c(Cl)cc(Cl)cc2C(c2cccc(NC(=O)C(F)(F)F)c2)C1. The first-order chi connectivity index (χ1) is 12.1. The summed E-state index contributed by atoms with van der Waals surface area (Å²) in [7, 11) is 1.94. The van der Waals surface area contributed by atoms with Gasteiger partial charge in [0.1, 0.15) is 0 Å². The second-order valence-electron chi connectivity index (χ2n) is 6.28. The number of carbonyl (C=O) groups excluding carboxylic acids is 1. The van der Waals surface area contributed by atoms with Gasteiger partial charge in [0.05, 0.1) is 0 Å². The van der Waals surface area contributed by atoms with E-state index in [1.165, 1.54) is 6.07 Å². The minimum atomic E-state index is -4.94. The Kier molecular flexibility index (Phi) is 5.19. The van der Waals surface area contributed by atoms with Gasteiger partial charge in [-0.05, 0) is 48.0 Å². The Bertz CT molecular complexity index is 855. The maximum absolute atomic E-state index is 12.5. The molecule has 0 saturated carbocycles. The van der Waals surface area contributed by atoms with Crippen LogP contribution in [-0.2, 0) is 11.3 Å². The van der Waals surface area contributed by atoms with Crippen molar-refractivity contribution in [3.63, 3.8) is 0 Å². The number of nitrogens with one attached hydrogen (secondary N) is 1. The van der Waals surface area contributed by atoms with Crippen LogP contribution in [-0.4, -0.2) is 30.6 Å². The van der Waals surface area contributed by atoms with E-state index in [9.17, 15) is 18.0 Å². The van der Waals surface area contributed by atoms with Crippen molar-refractivity contribution in [3.8, 4) is 0 Å². The highest BCUT2D eigenvalue weighted by atomic mass is 35.5. The van der Waals surface area contributed by atoms with Crippen LogP contribution in [0.15, 0.2) is 36.4 Å². The van der Waals surface area contributed by atoms with E-state index in [4.69, 9.17) is 23.2 Å². The van der Waals surface area contributed by atoms with Gasteiger partial charge >= 0.3 is 12.1 Å². The van der Waals surface area contributed by atoms with Crippen LogP contribution in [0.5, 0.6) is 0 Å². The number of hydrogen-bond donors (Lipinski definition) is 1. The molecule has 1 unspecified atom stereocenters. The largest absolute Gasteiger partial charge is 0.471 e. The second kappa shape index (κ2) is 7.10. The van der Waals surface area contributed by atoms with Crippen molar-refractivity contribution < 1.29 is 18.0 Å². The Morgan fingerprint density at radius 1 is 1.23 bits per heavy atom. The number of carbonyl (C=O) groups is 1. The van der Waals surface area contributed by atoms with Gasteiger partial charge in [-0.1, -0.05) is 35.3 Å². The maximum atomic E-state index is 12.5. The van der Waals surface area contributed by atoms with Crippen molar-refractivity contribution in [2.24, 2.45) is 0 Å². The highest BCUT2D eigenvalue weighted by molar-refractivity contribution is 6.35. The molecule has 2 aromatic carbocycles. The van der Waals surface area contributed by atoms with E-state index in [1.807, 2.05) is 24.5 Å². The molecule has 1 atom stereocenters. The van der Waals surface area contributed by atoms with Crippen molar-refractivity contribution in [1.29, 1.82) is 0 Å². The molecule has 1 aliphatic heterocycles. The minimum Gasteiger partial charge on any atom is -0.318 e. The number of anilines is 1. The van der Waals surface area contributed by atoms with Crippen LogP contribution in [0.3, 0.4) is 0 Å². The fourth-order valence-electron chi connectivity index (χ4n) is 3.17. The summed E-state index contributed by atoms with van der Waals surface area (Å²) in [6, 6.07) is 9.91. The highest BCUT2D eigenvalue weighted by Gasteiger charge is 2.38. The van der Waals surface area contributed by atoms with E-state index in [-0.39, 0.29) is 11.6 Å². The number of hydrogen-bond acceptors (Lipinski definition) is 2. The molecule has 0 fully saturated rings. The number of likely N-dealkylation sites (N-methyl/N-ethyl adjacent to an activating group) is 1. The molecule has 1 aliphatic rings. The first-order valence-corrected chi connectivity index (χ1v) is 8.55. The average molecular weight is 403 g/mol. The van der Waals surface area contributed by atoms with E-state index in [1.54, 1.807) is 18.2 Å². The number of amides is 1. The molecule has 26 heavy (non-hydrogen) atoms. The third-order valence-corrected chi connectivity index (χ3v) is 4.85. The van der Waals surface area contributed by atoms with E-state index in [0.29, 0.717) is 23.1 Å². The molecule has 0 aromatic heterocycles. The lowest BCUT2D eigenvalue weighted by atomic mass is 9.84. The van der Waals surface area contributed by atoms with Crippen LogP contribution >= 0.6 is 23.2 Å². The van der Waals surface area contributed by atoms with Crippen molar-refractivity contribution in [2.75, 3.05) is 18.9 Å². The summed E-state index contributed by atoms with van der Waals surface area (Å²) in [4.78, 5) is 13.3. The van der Waals surface area contributed by atoms with Gasteiger partial charge in [-0.15, -0.1) is 0 Å². The Morgan fingerprint density at radius 3 is 2.65 bits per heavy atom. The van der Waals surface area contributed by atoms with Crippen molar-refractivity contribution in [3.05, 3.63) is 63.1 Å². The number of rotatable bonds is 2. The quantitative estimate of drug-likeness (QED) is 0.760. The Morgan fingerprint density at radius 2 is 1.96 bits per heavy atom. The molecule has 8 heteroatoms. The van der Waals surface area contributed by atoms with Gasteiger partial charge in [-0.2, -0.15) is 13.2 Å². The molecule has 0 radical (unpaired) electrons. The lowest BCUT2D eigenvalue weighted by molar-refractivity contribution is -0.167. The van der Waals surface area contributed by atoms with Crippen LogP contribution in [0.4, 0.5) is 18.9 Å². The van der Waals surface area contributed by atoms with Crippen molar-refractivity contribution >= 4 is 34.8 Å². The zero-order valence-corrected chi connectivity index (χ0v) is 15.2. The summed E-state index contributed by atoms with van der Waals surface area (Å²) in [6.07, 6.45) is -4.94. The van der Waals surface area contributed by atoms with Gasteiger partial charge in [0.25, 0.3) is 0 Å². The third-order valence-electron chi connectivity index (χ3n) is 4.30. The molecule has 1 heterocycles. The molecule has 3 rings (SSSR count). The maximum Gasteiger partial charge on any atom is 0.471 e. The standard InChI is InChI=1S/C18H15Cl2F3N2O/c1-25-8-14(13-6-11(19)7-16(20)15(13)9-25)10-3-2-4-12(5-10)24-17(26)18(21,22)23/h2-7,14H,8-9H2,1H3,(H,24,26). The molecule has 3 nitrogen and oxygen atoms in total. The van der Waals surface area contributed by atoms with Gasteiger partial charge in [0.15, 0.2) is 0 Å². The Labute approximate surface area is 158 Å². The number of benzene rings is 2. The van der Waals surface area contributed by atoms with Crippen molar-refractivity contribution in [1.82, 2.24) is 4.90 Å². The van der Waals surface area contributed by atoms with Crippen LogP contribution in [0.1, 0.15) is 22.6 Å². The Balaban J connectivity index is 1.98. The number of nitrogens with zero attached hydrogens (tertiary/aromatic N) is 1. The van der Waals surface area contributed by atoms with Crippen LogP contribution < -0.4 is 5.32 Å². The van der Waals surface area contributed by atoms with Gasteiger partial charge in [-0.3, -0.25) is 4.79 Å². The smallest absolute Gasteiger partial charge is 0.318 e. The normalized spacial score (nSPS) is 17.7. The van der Waals surface area contributed by atoms with Gasteiger partial charge < -0.3 is 10.2 Å². The first kappa shape index (κ1) is 19.0. The van der Waals surface area contributed by atoms with E-state index in [2.05, 4.69) is 4.90 Å². The minimum absolute atomic E-state index is 0.0905. The third kappa shape index (κ3) is 3.98. The molecule has 0 spiro atoms. The molecule has 0 aliphatic carbocycles. The summed E-state index contributed by atoms with van der Waals surface area (Å²) in [6.45, 7) is 1.31. The molecule has 2 aromatic rings. The van der Waals surface area contributed by atoms with Gasteiger partial charge in [0, 0.05) is 34.7 Å². The second-order valence-corrected chi connectivity index (χ2v) is 7.13. The van der Waals surface area contributed by atoms with E-state index in [0.717, 1.165) is 16.7 Å². The molecule has 138 valence electrons. The van der Waals surface area contributed by atoms with Crippen LogP contribution in [0, 0.1) is 0 Å². The fraction of sp³-hybridized carbons (Fsp3) is 0.278. The summed E-state index contributed by atoms with van der Waals surface area (Å²) >= 11 is 12.5. The monoisotopic (exact) mass is 402 g/mol. The number of alkyl halides is 3. The van der Waals surface area contributed by atoms with Crippen LogP contribution in [0.2, 0.25) is 10.0 Å². The van der Waals surface area contributed by atoms with Crippen LogP contribution in [0.25, 0.3) is 0 Å². The van der Waals surface area contributed by atoms with E-state index >= 15 is 0 Å². The zero-order chi connectivity index (χ0) is 19.1. The molecular weight excluding hydrogens is 388 g/mol. The van der Waals surface area contributed by atoms with Gasteiger partial charge in [-0.25, -0.2) is 0 Å². The average Bonchev–Trinajstić information content (AvgIpc) is 2.54. The summed E-state index contributed by atoms with van der Waals surface area (Å²) in [5.74, 6) is -2.12.